The van der Waals surface area contributed by atoms with Crippen molar-refractivity contribution in [3.05, 3.63) is 61.3 Å². The van der Waals surface area contributed by atoms with E-state index in [-0.39, 0.29) is 23.8 Å². The minimum absolute atomic E-state index is 0.164. The maximum Gasteiger partial charge on any atom is 0.331 e. The van der Waals surface area contributed by atoms with Crippen molar-refractivity contribution in [3.8, 4) is 5.88 Å². The van der Waals surface area contributed by atoms with E-state index in [9.17, 15) is 14.7 Å². The Bertz CT molecular complexity index is 762. The van der Waals surface area contributed by atoms with Crippen molar-refractivity contribution in [2.24, 2.45) is 5.92 Å². The van der Waals surface area contributed by atoms with E-state index in [1.807, 2.05) is 19.9 Å². The maximum atomic E-state index is 11.9. The number of rotatable bonds is 4. The highest BCUT2D eigenvalue weighted by molar-refractivity contribution is 6.30. The molecule has 0 saturated heterocycles. The van der Waals surface area contributed by atoms with E-state index in [0.29, 0.717) is 11.6 Å². The molecule has 0 aliphatic carbocycles. The summed E-state index contributed by atoms with van der Waals surface area (Å²) in [6.07, 6.45) is 0.208. The van der Waals surface area contributed by atoms with Crippen molar-refractivity contribution >= 4 is 11.6 Å². The monoisotopic (exact) mass is 308 g/mol. The van der Waals surface area contributed by atoms with Crippen LogP contribution in [0.3, 0.4) is 0 Å². The van der Waals surface area contributed by atoms with Crippen LogP contribution in [-0.2, 0) is 13.0 Å². The van der Waals surface area contributed by atoms with Gasteiger partial charge in [-0.15, -0.1) is 0 Å². The molecule has 112 valence electrons. The Labute approximate surface area is 126 Å². The summed E-state index contributed by atoms with van der Waals surface area (Å²) in [5, 5.41) is 10.8. The molecule has 0 aliphatic rings. The second-order valence-electron chi connectivity index (χ2n) is 5.37. The molecule has 0 aliphatic heterocycles. The third-order valence-corrected chi connectivity index (χ3v) is 3.32. The fourth-order valence-corrected chi connectivity index (χ4v) is 2.36. The smallest absolute Gasteiger partial charge is 0.331 e. The van der Waals surface area contributed by atoms with Gasteiger partial charge < -0.3 is 5.11 Å². The Kier molecular flexibility index (Phi) is 4.53. The number of aromatic amines is 1. The number of nitrogens with one attached hydrogen (secondary N) is 1. The highest BCUT2D eigenvalue weighted by atomic mass is 35.5. The molecule has 1 aromatic carbocycles. The molecule has 2 rings (SSSR count). The van der Waals surface area contributed by atoms with Crippen LogP contribution in [0.1, 0.15) is 25.0 Å². The number of benzene rings is 1. The second kappa shape index (κ2) is 6.18. The van der Waals surface area contributed by atoms with Crippen LogP contribution in [0.4, 0.5) is 0 Å². The normalized spacial score (nSPS) is 11.0. The van der Waals surface area contributed by atoms with Crippen LogP contribution in [-0.4, -0.2) is 14.7 Å². The first-order chi connectivity index (χ1) is 9.88. The second-order valence-corrected chi connectivity index (χ2v) is 5.81. The molecule has 2 N–H and O–H groups in total. The molecule has 0 unspecified atom stereocenters. The molecular formula is C15H17ClN2O3. The summed E-state index contributed by atoms with van der Waals surface area (Å²) in [6.45, 7) is 4.19. The fraction of sp³-hybridized carbons (Fsp3) is 0.333. The summed E-state index contributed by atoms with van der Waals surface area (Å²) in [5.74, 6) is -0.115. The summed E-state index contributed by atoms with van der Waals surface area (Å²) in [6, 6.07) is 7.03. The van der Waals surface area contributed by atoms with Crippen molar-refractivity contribution in [1.82, 2.24) is 9.55 Å². The number of nitrogens with zero attached hydrogens (tertiary/aromatic N) is 1. The van der Waals surface area contributed by atoms with E-state index in [1.54, 1.807) is 18.2 Å². The fourth-order valence-electron chi connectivity index (χ4n) is 2.15. The molecule has 6 heteroatoms. The summed E-state index contributed by atoms with van der Waals surface area (Å²) in [4.78, 5) is 26.0. The molecule has 1 aromatic heterocycles. The first-order valence-electron chi connectivity index (χ1n) is 6.68. The molecule has 0 atom stereocenters. The molecular weight excluding hydrogens is 292 g/mol. The Hall–Kier alpha value is -2.01. The van der Waals surface area contributed by atoms with Crippen LogP contribution >= 0.6 is 11.6 Å². The van der Waals surface area contributed by atoms with Crippen LogP contribution in [0.2, 0.25) is 5.02 Å². The van der Waals surface area contributed by atoms with E-state index >= 15 is 0 Å². The Morgan fingerprint density at radius 3 is 2.67 bits per heavy atom. The van der Waals surface area contributed by atoms with Crippen molar-refractivity contribution in [2.75, 3.05) is 0 Å². The zero-order chi connectivity index (χ0) is 15.6. The molecule has 1 heterocycles. The van der Waals surface area contributed by atoms with Crippen molar-refractivity contribution in [3.63, 3.8) is 0 Å². The van der Waals surface area contributed by atoms with E-state index in [4.69, 9.17) is 11.6 Å². The van der Waals surface area contributed by atoms with Crippen LogP contribution in [0.25, 0.3) is 0 Å². The minimum Gasteiger partial charge on any atom is -0.494 e. The van der Waals surface area contributed by atoms with Crippen LogP contribution in [0, 0.1) is 5.92 Å². The first-order valence-corrected chi connectivity index (χ1v) is 7.05. The van der Waals surface area contributed by atoms with Gasteiger partial charge in [-0.3, -0.25) is 14.3 Å². The van der Waals surface area contributed by atoms with Gasteiger partial charge in [0.15, 0.2) is 0 Å². The third-order valence-electron chi connectivity index (χ3n) is 3.08. The Morgan fingerprint density at radius 1 is 1.33 bits per heavy atom. The summed E-state index contributed by atoms with van der Waals surface area (Å²) in [7, 11) is 0. The van der Waals surface area contributed by atoms with Gasteiger partial charge in [-0.25, -0.2) is 4.79 Å². The van der Waals surface area contributed by atoms with Crippen molar-refractivity contribution in [1.29, 1.82) is 0 Å². The van der Waals surface area contributed by atoms with Crippen molar-refractivity contribution < 1.29 is 5.11 Å². The van der Waals surface area contributed by atoms with Crippen LogP contribution in [0.15, 0.2) is 33.9 Å². The molecule has 5 nitrogen and oxygen atoms in total. The van der Waals surface area contributed by atoms with Gasteiger partial charge in [0.1, 0.15) is 0 Å². The third kappa shape index (κ3) is 3.55. The van der Waals surface area contributed by atoms with Gasteiger partial charge >= 0.3 is 5.69 Å². The van der Waals surface area contributed by atoms with E-state index in [1.165, 1.54) is 4.57 Å². The SMILES string of the molecule is CC(C)Cn1c(O)c(Cc2cccc(Cl)c2)c(=O)[nH]c1=O. The topological polar surface area (TPSA) is 75.1 Å². The summed E-state index contributed by atoms with van der Waals surface area (Å²) in [5.41, 5.74) is -0.214. The lowest BCUT2D eigenvalue weighted by molar-refractivity contribution is 0.371. The number of aromatic hydroxyl groups is 1. The minimum atomic E-state index is -0.596. The van der Waals surface area contributed by atoms with Gasteiger partial charge in [-0.1, -0.05) is 37.6 Å². The lowest BCUT2D eigenvalue weighted by Crippen LogP contribution is -2.33. The maximum absolute atomic E-state index is 11.9. The van der Waals surface area contributed by atoms with Gasteiger partial charge in [0.05, 0.1) is 5.56 Å². The van der Waals surface area contributed by atoms with Gasteiger partial charge in [0, 0.05) is 18.0 Å². The largest absolute Gasteiger partial charge is 0.494 e. The van der Waals surface area contributed by atoms with Gasteiger partial charge in [-0.05, 0) is 23.6 Å². The molecule has 0 amide bonds. The Morgan fingerprint density at radius 2 is 2.05 bits per heavy atom. The molecule has 0 bridgehead atoms. The predicted octanol–water partition coefficient (Wildman–Crippen LogP) is 2.14. The van der Waals surface area contributed by atoms with E-state index in [0.717, 1.165) is 5.56 Å². The average Bonchev–Trinajstić information content (AvgIpc) is 2.39. The standard InChI is InChI=1S/C15H17ClN2O3/c1-9(2)8-18-14(20)12(13(19)17-15(18)21)7-10-4-3-5-11(16)6-10/h3-6,9,20H,7-8H2,1-2H3,(H,17,19,21). The lowest BCUT2D eigenvalue weighted by Gasteiger charge is -2.13. The van der Waals surface area contributed by atoms with Gasteiger partial charge in [-0.2, -0.15) is 0 Å². The summed E-state index contributed by atoms with van der Waals surface area (Å²) < 4.78 is 1.19. The van der Waals surface area contributed by atoms with E-state index in [2.05, 4.69) is 4.98 Å². The van der Waals surface area contributed by atoms with Crippen LogP contribution < -0.4 is 11.2 Å². The number of H-pyrrole nitrogens is 1. The number of hydrogen-bond acceptors (Lipinski definition) is 3. The highest BCUT2D eigenvalue weighted by Gasteiger charge is 2.15. The first kappa shape index (κ1) is 15.4. The molecule has 0 radical (unpaired) electrons. The number of aromatic nitrogens is 2. The quantitative estimate of drug-likeness (QED) is 0.908. The molecule has 2 aromatic rings. The lowest BCUT2D eigenvalue weighted by atomic mass is 10.1. The van der Waals surface area contributed by atoms with E-state index < -0.39 is 11.2 Å². The molecule has 0 spiro atoms. The zero-order valence-electron chi connectivity index (χ0n) is 11.9. The van der Waals surface area contributed by atoms with Gasteiger partial charge in [0.25, 0.3) is 5.56 Å². The number of hydrogen-bond donors (Lipinski definition) is 2. The highest BCUT2D eigenvalue weighted by Crippen LogP contribution is 2.18. The average molecular weight is 309 g/mol. The van der Waals surface area contributed by atoms with Gasteiger partial charge in [0.2, 0.25) is 5.88 Å². The number of halogens is 1. The zero-order valence-corrected chi connectivity index (χ0v) is 12.6. The summed E-state index contributed by atoms with van der Waals surface area (Å²) >= 11 is 5.91. The molecule has 21 heavy (non-hydrogen) atoms. The van der Waals surface area contributed by atoms with Crippen molar-refractivity contribution in [2.45, 2.75) is 26.8 Å². The van der Waals surface area contributed by atoms with Crippen LogP contribution in [0.5, 0.6) is 5.88 Å². The molecule has 0 saturated carbocycles. The Balaban J connectivity index is 2.48. The predicted molar refractivity (Wildman–Crippen MR) is 82.1 cm³/mol. The molecule has 0 fully saturated rings.